The van der Waals surface area contributed by atoms with Crippen LogP contribution in [0.3, 0.4) is 0 Å². The smallest absolute Gasteiger partial charge is 0.312 e. The van der Waals surface area contributed by atoms with Gasteiger partial charge in [0.15, 0.2) is 9.84 Å². The molecule has 1 saturated heterocycles. The second-order valence-corrected chi connectivity index (χ2v) is 6.24. The Morgan fingerprint density at radius 3 is 2.41 bits per heavy atom. The number of carbonyl (C=O) groups excluding carboxylic acids is 2. The minimum atomic E-state index is -3.05. The van der Waals surface area contributed by atoms with Crippen molar-refractivity contribution in [1.82, 2.24) is 10.2 Å². The number of amides is 2. The van der Waals surface area contributed by atoms with Crippen molar-refractivity contribution >= 4 is 21.7 Å². The fraction of sp³-hybridized carbons (Fsp3) is 0.800. The Kier molecular flexibility index (Phi) is 4.50. The number of nitrogens with one attached hydrogen (secondary N) is 1. The van der Waals surface area contributed by atoms with Crippen molar-refractivity contribution in [2.24, 2.45) is 0 Å². The molecule has 7 heteroatoms. The maximum atomic E-state index is 11.8. The SMILES string of the molecule is CCNC(=O)C(=O)N(CC)C1CCS(=O)(=O)C1. The van der Waals surface area contributed by atoms with E-state index in [1.54, 1.807) is 13.8 Å². The average Bonchev–Trinajstić information content (AvgIpc) is 2.60. The molecule has 1 N–H and O–H groups in total. The molecule has 0 aromatic rings. The number of likely N-dealkylation sites (N-methyl/N-ethyl adjacent to an activating group) is 2. The second-order valence-electron chi connectivity index (χ2n) is 4.01. The Labute approximate surface area is 101 Å². The van der Waals surface area contributed by atoms with E-state index < -0.39 is 21.7 Å². The summed E-state index contributed by atoms with van der Waals surface area (Å²) >= 11 is 0. The van der Waals surface area contributed by atoms with E-state index in [-0.39, 0.29) is 17.5 Å². The van der Waals surface area contributed by atoms with Gasteiger partial charge in [-0.3, -0.25) is 9.59 Å². The van der Waals surface area contributed by atoms with Crippen LogP contribution in [0, 0.1) is 0 Å². The fourth-order valence-corrected chi connectivity index (χ4v) is 3.69. The third kappa shape index (κ3) is 3.42. The zero-order valence-corrected chi connectivity index (χ0v) is 10.9. The van der Waals surface area contributed by atoms with Crippen molar-refractivity contribution in [3.05, 3.63) is 0 Å². The Morgan fingerprint density at radius 1 is 1.35 bits per heavy atom. The lowest BCUT2D eigenvalue weighted by atomic mass is 10.2. The molecule has 0 saturated carbocycles. The number of nitrogens with zero attached hydrogens (tertiary/aromatic N) is 1. The molecule has 0 radical (unpaired) electrons. The zero-order valence-electron chi connectivity index (χ0n) is 10.1. The highest BCUT2D eigenvalue weighted by Crippen LogP contribution is 2.17. The third-order valence-corrected chi connectivity index (χ3v) is 4.53. The van der Waals surface area contributed by atoms with Crippen LogP contribution in [0.4, 0.5) is 0 Å². The Morgan fingerprint density at radius 2 is 2.00 bits per heavy atom. The van der Waals surface area contributed by atoms with Crippen LogP contribution in [0.25, 0.3) is 0 Å². The maximum absolute atomic E-state index is 11.8. The minimum Gasteiger partial charge on any atom is -0.348 e. The lowest BCUT2D eigenvalue weighted by Gasteiger charge is -2.25. The van der Waals surface area contributed by atoms with E-state index in [1.165, 1.54) is 4.90 Å². The van der Waals surface area contributed by atoms with Gasteiger partial charge in [0.1, 0.15) is 0 Å². The van der Waals surface area contributed by atoms with E-state index in [9.17, 15) is 18.0 Å². The van der Waals surface area contributed by atoms with Crippen LogP contribution in [0.15, 0.2) is 0 Å². The van der Waals surface area contributed by atoms with E-state index in [4.69, 9.17) is 0 Å². The molecule has 1 aliphatic heterocycles. The first-order valence-electron chi connectivity index (χ1n) is 5.70. The molecular formula is C10H18N2O4S. The second kappa shape index (κ2) is 5.48. The van der Waals surface area contributed by atoms with Crippen LogP contribution in [-0.4, -0.2) is 55.8 Å². The number of hydrogen-bond acceptors (Lipinski definition) is 4. The summed E-state index contributed by atoms with van der Waals surface area (Å²) in [6, 6.07) is -0.361. The molecular weight excluding hydrogens is 244 g/mol. The first kappa shape index (κ1) is 14.0. The van der Waals surface area contributed by atoms with Gasteiger partial charge >= 0.3 is 11.8 Å². The molecule has 1 atom stereocenters. The van der Waals surface area contributed by atoms with Crippen LogP contribution >= 0.6 is 0 Å². The van der Waals surface area contributed by atoms with E-state index in [2.05, 4.69) is 5.32 Å². The monoisotopic (exact) mass is 262 g/mol. The van der Waals surface area contributed by atoms with Crippen LogP contribution in [0.1, 0.15) is 20.3 Å². The highest BCUT2D eigenvalue weighted by molar-refractivity contribution is 7.91. The topological polar surface area (TPSA) is 83.6 Å². The zero-order chi connectivity index (χ0) is 13.1. The van der Waals surface area contributed by atoms with Gasteiger partial charge in [-0.25, -0.2) is 8.42 Å². The summed E-state index contributed by atoms with van der Waals surface area (Å²) < 4.78 is 22.7. The molecule has 0 aromatic heterocycles. The minimum absolute atomic E-state index is 0.0357. The Balaban J connectivity index is 2.72. The Hall–Kier alpha value is -1.11. The van der Waals surface area contributed by atoms with Gasteiger partial charge in [0, 0.05) is 19.1 Å². The third-order valence-electron chi connectivity index (χ3n) is 2.78. The van der Waals surface area contributed by atoms with Gasteiger partial charge < -0.3 is 10.2 Å². The van der Waals surface area contributed by atoms with Crippen LogP contribution in [0.2, 0.25) is 0 Å². The van der Waals surface area contributed by atoms with Gasteiger partial charge in [0.05, 0.1) is 11.5 Å². The summed E-state index contributed by atoms with van der Waals surface area (Å²) in [4.78, 5) is 24.5. The van der Waals surface area contributed by atoms with Crippen LogP contribution in [0.5, 0.6) is 0 Å². The number of hydrogen-bond donors (Lipinski definition) is 1. The van der Waals surface area contributed by atoms with Gasteiger partial charge in [-0.2, -0.15) is 0 Å². The van der Waals surface area contributed by atoms with E-state index in [0.29, 0.717) is 19.5 Å². The number of sulfone groups is 1. The highest BCUT2D eigenvalue weighted by atomic mass is 32.2. The van der Waals surface area contributed by atoms with Crippen molar-refractivity contribution < 1.29 is 18.0 Å². The molecule has 2 amide bonds. The van der Waals surface area contributed by atoms with Gasteiger partial charge in [-0.15, -0.1) is 0 Å². The number of carbonyl (C=O) groups is 2. The molecule has 1 unspecified atom stereocenters. The lowest BCUT2D eigenvalue weighted by Crippen LogP contribution is -2.48. The molecule has 0 aromatic carbocycles. The summed E-state index contributed by atoms with van der Waals surface area (Å²) in [6.07, 6.45) is 0.418. The van der Waals surface area contributed by atoms with Crippen molar-refractivity contribution in [3.63, 3.8) is 0 Å². The summed E-state index contributed by atoms with van der Waals surface area (Å²) in [6.45, 7) is 4.19. The highest BCUT2D eigenvalue weighted by Gasteiger charge is 2.35. The van der Waals surface area contributed by atoms with Crippen molar-refractivity contribution in [2.75, 3.05) is 24.6 Å². The molecule has 0 aliphatic carbocycles. The normalized spacial score (nSPS) is 22.1. The fourth-order valence-electron chi connectivity index (χ4n) is 1.96. The first-order chi connectivity index (χ1) is 7.91. The molecule has 6 nitrogen and oxygen atoms in total. The van der Waals surface area contributed by atoms with E-state index in [1.807, 2.05) is 0 Å². The van der Waals surface area contributed by atoms with Gasteiger partial charge in [0.25, 0.3) is 0 Å². The van der Waals surface area contributed by atoms with Gasteiger partial charge in [-0.05, 0) is 20.3 Å². The predicted octanol–water partition coefficient (Wildman–Crippen LogP) is -0.842. The quantitative estimate of drug-likeness (QED) is 0.672. The van der Waals surface area contributed by atoms with Gasteiger partial charge in [-0.1, -0.05) is 0 Å². The largest absolute Gasteiger partial charge is 0.348 e. The summed E-state index contributed by atoms with van der Waals surface area (Å²) in [7, 11) is -3.05. The van der Waals surface area contributed by atoms with Crippen LogP contribution < -0.4 is 5.32 Å². The van der Waals surface area contributed by atoms with E-state index >= 15 is 0 Å². The standard InChI is InChI=1S/C10H18N2O4S/c1-3-11-9(13)10(14)12(4-2)8-5-6-17(15,16)7-8/h8H,3-7H2,1-2H3,(H,11,13). The molecule has 0 spiro atoms. The number of rotatable bonds is 3. The molecule has 1 heterocycles. The van der Waals surface area contributed by atoms with Crippen molar-refractivity contribution in [3.8, 4) is 0 Å². The molecule has 98 valence electrons. The van der Waals surface area contributed by atoms with Crippen molar-refractivity contribution in [1.29, 1.82) is 0 Å². The molecule has 1 fully saturated rings. The lowest BCUT2D eigenvalue weighted by molar-refractivity contribution is -0.146. The summed E-state index contributed by atoms with van der Waals surface area (Å²) in [5, 5.41) is 2.42. The Bertz CT molecular complexity index is 405. The maximum Gasteiger partial charge on any atom is 0.312 e. The molecule has 0 bridgehead atoms. The van der Waals surface area contributed by atoms with Gasteiger partial charge in [0.2, 0.25) is 0 Å². The van der Waals surface area contributed by atoms with Crippen molar-refractivity contribution in [2.45, 2.75) is 26.3 Å². The van der Waals surface area contributed by atoms with E-state index in [0.717, 1.165) is 0 Å². The van der Waals surface area contributed by atoms with Crippen LogP contribution in [-0.2, 0) is 19.4 Å². The average molecular weight is 262 g/mol. The summed E-state index contributed by atoms with van der Waals surface area (Å²) in [5.41, 5.74) is 0. The molecule has 17 heavy (non-hydrogen) atoms. The summed E-state index contributed by atoms with van der Waals surface area (Å²) in [5.74, 6) is -1.25. The first-order valence-corrected chi connectivity index (χ1v) is 7.52. The molecule has 1 rings (SSSR count). The molecule has 1 aliphatic rings. The predicted molar refractivity (Wildman–Crippen MR) is 63.1 cm³/mol.